The fraction of sp³-hybridized carbons (Fsp3) is 0.208. The number of non-ortho nitro benzene ring substituents is 1. The fourth-order valence-corrected chi connectivity index (χ4v) is 4.30. The van der Waals surface area contributed by atoms with Crippen LogP contribution in [0.4, 0.5) is 5.69 Å². The first-order valence-corrected chi connectivity index (χ1v) is 10.0. The first-order valence-electron chi connectivity index (χ1n) is 10.0. The quantitative estimate of drug-likeness (QED) is 0.442. The molecular weight excluding hydrogens is 394 g/mol. The number of fused-ring (bicyclic) bond motifs is 3. The maximum atomic E-state index is 11.1. The third-order valence-corrected chi connectivity index (χ3v) is 5.97. The van der Waals surface area contributed by atoms with Crippen molar-refractivity contribution in [3.05, 3.63) is 99.6 Å². The second-order valence-corrected chi connectivity index (χ2v) is 7.77. The van der Waals surface area contributed by atoms with E-state index in [-0.39, 0.29) is 11.7 Å². The lowest BCUT2D eigenvalue weighted by atomic mass is 9.92. The number of hydrogen-bond acceptors (Lipinski definition) is 6. The highest BCUT2D eigenvalue weighted by Gasteiger charge is 2.48. The molecule has 0 radical (unpaired) electrons. The first-order chi connectivity index (χ1) is 15.0. The Balaban J connectivity index is 1.59. The minimum absolute atomic E-state index is 0.00208. The number of ether oxygens (including phenoxy) is 2. The van der Waals surface area contributed by atoms with E-state index >= 15 is 0 Å². The lowest BCUT2D eigenvalue weighted by Gasteiger charge is -2.45. The molecule has 0 N–H and O–H groups in total. The van der Waals surface area contributed by atoms with Crippen LogP contribution in [0.3, 0.4) is 0 Å². The van der Waals surface area contributed by atoms with E-state index in [4.69, 9.17) is 14.6 Å². The summed E-state index contributed by atoms with van der Waals surface area (Å²) in [7, 11) is 1.65. The van der Waals surface area contributed by atoms with E-state index in [9.17, 15) is 10.1 Å². The zero-order valence-corrected chi connectivity index (χ0v) is 17.2. The molecule has 5 rings (SSSR count). The van der Waals surface area contributed by atoms with Gasteiger partial charge in [-0.05, 0) is 48.0 Å². The molecule has 31 heavy (non-hydrogen) atoms. The summed E-state index contributed by atoms with van der Waals surface area (Å²) in [6.45, 7) is 1.96. The van der Waals surface area contributed by atoms with E-state index in [1.807, 2.05) is 54.4 Å². The number of nitrogens with zero attached hydrogens (tertiary/aromatic N) is 3. The van der Waals surface area contributed by atoms with Crippen LogP contribution in [0.15, 0.2) is 77.9 Å². The monoisotopic (exact) mass is 415 g/mol. The standard InChI is InChI=1S/C24H21N3O4/c1-24(17-9-11-18(12-10-17)27(28)29)26-22(20-5-3-4-6-23(20)31-24)15-21(25-26)16-7-13-19(30-2)14-8-16/h3-14,22H,15H2,1-2H3. The highest BCUT2D eigenvalue weighted by Crippen LogP contribution is 2.50. The van der Waals surface area contributed by atoms with Crippen molar-refractivity contribution in [1.29, 1.82) is 0 Å². The van der Waals surface area contributed by atoms with Crippen molar-refractivity contribution in [2.45, 2.75) is 25.1 Å². The SMILES string of the molecule is COc1ccc(C2=NN3C(C2)c2ccccc2OC3(C)c2ccc([N+](=O)[O-])cc2)cc1. The van der Waals surface area contributed by atoms with Gasteiger partial charge in [0.05, 0.1) is 23.8 Å². The molecule has 2 aliphatic heterocycles. The maximum absolute atomic E-state index is 11.1. The number of hydrogen-bond donors (Lipinski definition) is 0. The Kier molecular flexibility index (Phi) is 4.39. The smallest absolute Gasteiger partial charge is 0.269 e. The van der Waals surface area contributed by atoms with Crippen LogP contribution in [0.25, 0.3) is 0 Å². The topological polar surface area (TPSA) is 77.2 Å². The van der Waals surface area contributed by atoms with Gasteiger partial charge in [0.2, 0.25) is 5.72 Å². The van der Waals surface area contributed by atoms with Crippen molar-refractivity contribution in [1.82, 2.24) is 5.01 Å². The summed E-state index contributed by atoms with van der Waals surface area (Å²) in [4.78, 5) is 10.7. The van der Waals surface area contributed by atoms with Crippen molar-refractivity contribution < 1.29 is 14.4 Å². The lowest BCUT2D eigenvalue weighted by Crippen LogP contribution is -2.48. The minimum atomic E-state index is -0.900. The average molecular weight is 415 g/mol. The van der Waals surface area contributed by atoms with Crippen LogP contribution in [-0.2, 0) is 5.72 Å². The summed E-state index contributed by atoms with van der Waals surface area (Å²) in [5, 5.41) is 18.0. The molecule has 2 unspecified atom stereocenters. The molecular formula is C24H21N3O4. The molecule has 0 aromatic heterocycles. The zero-order chi connectivity index (χ0) is 21.6. The van der Waals surface area contributed by atoms with Gasteiger partial charge in [-0.25, -0.2) is 5.01 Å². The second kappa shape index (κ2) is 7.12. The van der Waals surface area contributed by atoms with Crippen molar-refractivity contribution in [2.75, 3.05) is 7.11 Å². The van der Waals surface area contributed by atoms with Gasteiger partial charge in [-0.1, -0.05) is 18.2 Å². The van der Waals surface area contributed by atoms with Crippen molar-refractivity contribution in [3.8, 4) is 11.5 Å². The normalized spacial score (nSPS) is 21.5. The molecule has 0 aliphatic carbocycles. The molecule has 2 aliphatic rings. The molecule has 2 heterocycles. The predicted molar refractivity (Wildman–Crippen MR) is 116 cm³/mol. The van der Waals surface area contributed by atoms with E-state index in [1.54, 1.807) is 19.2 Å². The Morgan fingerprint density at radius 2 is 1.81 bits per heavy atom. The molecule has 7 nitrogen and oxygen atoms in total. The van der Waals surface area contributed by atoms with Gasteiger partial charge in [-0.15, -0.1) is 0 Å². The van der Waals surface area contributed by atoms with E-state index in [0.29, 0.717) is 0 Å². The second-order valence-electron chi connectivity index (χ2n) is 7.77. The summed E-state index contributed by atoms with van der Waals surface area (Å²) < 4.78 is 11.7. The van der Waals surface area contributed by atoms with Crippen LogP contribution in [0, 0.1) is 10.1 Å². The Hall–Kier alpha value is -3.87. The van der Waals surface area contributed by atoms with Gasteiger partial charge >= 0.3 is 0 Å². The summed E-state index contributed by atoms with van der Waals surface area (Å²) in [6.07, 6.45) is 0.731. The Morgan fingerprint density at radius 1 is 1.10 bits per heavy atom. The van der Waals surface area contributed by atoms with Crippen LogP contribution in [0.1, 0.15) is 36.1 Å². The van der Waals surface area contributed by atoms with Gasteiger partial charge < -0.3 is 9.47 Å². The molecule has 3 aromatic carbocycles. The number of nitro groups is 1. The molecule has 0 bridgehead atoms. The predicted octanol–water partition coefficient (Wildman–Crippen LogP) is 5.02. The zero-order valence-electron chi connectivity index (χ0n) is 17.2. The molecule has 0 amide bonds. The number of methoxy groups -OCH3 is 1. The largest absolute Gasteiger partial charge is 0.497 e. The Labute approximate surface area is 179 Å². The van der Waals surface area contributed by atoms with Crippen LogP contribution < -0.4 is 9.47 Å². The number of benzene rings is 3. The number of nitro benzene ring substituents is 1. The minimum Gasteiger partial charge on any atom is -0.497 e. The van der Waals surface area contributed by atoms with E-state index < -0.39 is 10.6 Å². The highest BCUT2D eigenvalue weighted by atomic mass is 16.6. The van der Waals surface area contributed by atoms with Crippen LogP contribution in [0.2, 0.25) is 0 Å². The molecule has 0 saturated carbocycles. The third-order valence-electron chi connectivity index (χ3n) is 5.97. The molecule has 2 atom stereocenters. The summed E-state index contributed by atoms with van der Waals surface area (Å²) in [5.41, 5.74) is 3.01. The van der Waals surface area contributed by atoms with Crippen LogP contribution >= 0.6 is 0 Å². The van der Waals surface area contributed by atoms with E-state index in [0.717, 1.165) is 40.3 Å². The Morgan fingerprint density at radius 3 is 2.48 bits per heavy atom. The summed E-state index contributed by atoms with van der Waals surface area (Å²) in [6, 6.07) is 22.3. The summed E-state index contributed by atoms with van der Waals surface area (Å²) >= 11 is 0. The summed E-state index contributed by atoms with van der Waals surface area (Å²) in [5.74, 6) is 1.60. The fourth-order valence-electron chi connectivity index (χ4n) is 4.30. The van der Waals surface area contributed by atoms with E-state index in [2.05, 4.69) is 6.07 Å². The number of para-hydroxylation sites is 1. The first kappa shape index (κ1) is 19.1. The highest BCUT2D eigenvalue weighted by molar-refractivity contribution is 6.02. The van der Waals surface area contributed by atoms with Crippen molar-refractivity contribution in [3.63, 3.8) is 0 Å². The van der Waals surface area contributed by atoms with E-state index in [1.165, 1.54) is 12.1 Å². The number of hydrazone groups is 1. The third kappa shape index (κ3) is 3.09. The lowest BCUT2D eigenvalue weighted by molar-refractivity contribution is -0.384. The average Bonchev–Trinajstić information content (AvgIpc) is 3.26. The Bertz CT molecular complexity index is 1170. The van der Waals surface area contributed by atoms with Crippen LogP contribution in [-0.4, -0.2) is 22.8 Å². The maximum Gasteiger partial charge on any atom is 0.269 e. The van der Waals surface area contributed by atoms with Gasteiger partial charge in [0.1, 0.15) is 11.5 Å². The molecule has 3 aromatic rings. The molecule has 0 spiro atoms. The van der Waals surface area contributed by atoms with Gasteiger partial charge in [-0.2, -0.15) is 5.10 Å². The molecule has 156 valence electrons. The molecule has 0 saturated heterocycles. The van der Waals surface area contributed by atoms with Crippen LogP contribution in [0.5, 0.6) is 11.5 Å². The van der Waals surface area contributed by atoms with Crippen molar-refractivity contribution >= 4 is 11.4 Å². The van der Waals surface area contributed by atoms with Crippen molar-refractivity contribution in [2.24, 2.45) is 5.10 Å². The molecule has 0 fully saturated rings. The van der Waals surface area contributed by atoms with Gasteiger partial charge in [0.15, 0.2) is 0 Å². The van der Waals surface area contributed by atoms with Gasteiger partial charge in [0.25, 0.3) is 5.69 Å². The van der Waals surface area contributed by atoms with Gasteiger partial charge in [-0.3, -0.25) is 10.1 Å². The van der Waals surface area contributed by atoms with Gasteiger partial charge in [0, 0.05) is 36.6 Å². The molecule has 7 heteroatoms. The number of rotatable bonds is 4.